The number of fused-ring (bicyclic) bond motifs is 2. The van der Waals surface area contributed by atoms with Crippen LogP contribution in [0.2, 0.25) is 0 Å². The molecule has 1 aliphatic heterocycles. The van der Waals surface area contributed by atoms with Gasteiger partial charge in [0, 0.05) is 35.6 Å². The molecule has 1 aliphatic rings. The maximum Gasteiger partial charge on any atom is 0.339 e. The maximum atomic E-state index is 11.9. The number of cyclic esters (lactones) is 1. The summed E-state index contributed by atoms with van der Waals surface area (Å²) >= 11 is 0. The van der Waals surface area contributed by atoms with E-state index < -0.39 is 0 Å². The Morgan fingerprint density at radius 3 is 2.83 bits per heavy atom. The highest BCUT2D eigenvalue weighted by atomic mass is 16.5. The van der Waals surface area contributed by atoms with Crippen LogP contribution >= 0.6 is 0 Å². The predicted molar refractivity (Wildman–Crippen MR) is 86.4 cm³/mol. The van der Waals surface area contributed by atoms with Crippen LogP contribution in [0.25, 0.3) is 22.3 Å². The molecule has 0 saturated carbocycles. The second kappa shape index (κ2) is 5.52. The van der Waals surface area contributed by atoms with E-state index in [0.29, 0.717) is 41.3 Å². The summed E-state index contributed by atoms with van der Waals surface area (Å²) in [6.45, 7) is 0.395. The topological polar surface area (TPSA) is 86.3 Å². The van der Waals surface area contributed by atoms with E-state index in [4.69, 9.17) is 14.2 Å². The predicted octanol–water partition coefficient (Wildman–Crippen LogP) is 2.36. The molecular formula is C17H15N3O4. The first-order valence-electron chi connectivity index (χ1n) is 7.48. The molecule has 0 atom stereocenters. The zero-order valence-electron chi connectivity index (χ0n) is 13.3. The number of hydrogen-bond acceptors (Lipinski definition) is 6. The van der Waals surface area contributed by atoms with Crippen LogP contribution in [0, 0.1) is 0 Å². The van der Waals surface area contributed by atoms with E-state index >= 15 is 0 Å². The van der Waals surface area contributed by atoms with Crippen molar-refractivity contribution in [3.05, 3.63) is 35.7 Å². The lowest BCUT2D eigenvalue weighted by Gasteiger charge is -2.10. The average molecular weight is 325 g/mol. The number of esters is 1. The minimum Gasteiger partial charge on any atom is -0.491 e. The lowest BCUT2D eigenvalue weighted by molar-refractivity contribution is 0.0479. The maximum absolute atomic E-state index is 11.9. The highest BCUT2D eigenvalue weighted by Gasteiger charge is 2.23. The zero-order valence-corrected chi connectivity index (χ0v) is 13.3. The van der Waals surface area contributed by atoms with Crippen LogP contribution < -0.4 is 9.47 Å². The molecule has 0 aromatic carbocycles. The van der Waals surface area contributed by atoms with Crippen LogP contribution in [0.1, 0.15) is 16.1 Å². The summed E-state index contributed by atoms with van der Waals surface area (Å²) in [6, 6.07) is 5.43. The molecule has 0 amide bonds. The van der Waals surface area contributed by atoms with Gasteiger partial charge in [-0.3, -0.25) is 4.98 Å². The molecule has 0 aliphatic carbocycles. The van der Waals surface area contributed by atoms with Gasteiger partial charge < -0.3 is 19.2 Å². The van der Waals surface area contributed by atoms with Gasteiger partial charge >= 0.3 is 5.97 Å². The third-order valence-electron chi connectivity index (χ3n) is 4.05. The van der Waals surface area contributed by atoms with Gasteiger partial charge in [0.15, 0.2) is 5.75 Å². The van der Waals surface area contributed by atoms with Crippen LogP contribution in [-0.2, 0) is 11.2 Å². The number of H-pyrrole nitrogens is 1. The van der Waals surface area contributed by atoms with Crippen molar-refractivity contribution >= 4 is 17.0 Å². The number of nitrogens with one attached hydrogen (secondary N) is 1. The fourth-order valence-electron chi connectivity index (χ4n) is 2.89. The Kier molecular flexibility index (Phi) is 3.34. The van der Waals surface area contributed by atoms with Gasteiger partial charge in [0.25, 0.3) is 5.88 Å². The molecule has 3 aromatic heterocycles. The van der Waals surface area contributed by atoms with Crippen molar-refractivity contribution in [2.75, 3.05) is 20.8 Å². The van der Waals surface area contributed by atoms with Crippen LogP contribution in [0.15, 0.2) is 24.4 Å². The summed E-state index contributed by atoms with van der Waals surface area (Å²) in [5, 5.41) is 0. The molecule has 0 bridgehead atoms. The summed E-state index contributed by atoms with van der Waals surface area (Å²) in [5.41, 5.74) is 4.44. The minimum absolute atomic E-state index is 0.302. The van der Waals surface area contributed by atoms with E-state index in [-0.39, 0.29) is 5.97 Å². The molecule has 0 fully saturated rings. The third-order valence-corrected chi connectivity index (χ3v) is 4.05. The first-order valence-corrected chi connectivity index (χ1v) is 7.48. The van der Waals surface area contributed by atoms with Crippen molar-refractivity contribution in [2.24, 2.45) is 0 Å². The van der Waals surface area contributed by atoms with E-state index in [0.717, 1.165) is 17.0 Å². The Morgan fingerprint density at radius 2 is 2.08 bits per heavy atom. The largest absolute Gasteiger partial charge is 0.491 e. The van der Waals surface area contributed by atoms with Gasteiger partial charge in [-0.15, -0.1) is 0 Å². The minimum atomic E-state index is -0.302. The van der Waals surface area contributed by atoms with Crippen molar-refractivity contribution in [1.82, 2.24) is 15.0 Å². The summed E-state index contributed by atoms with van der Waals surface area (Å²) in [7, 11) is 3.09. The van der Waals surface area contributed by atoms with Gasteiger partial charge in [-0.2, -0.15) is 0 Å². The van der Waals surface area contributed by atoms with E-state index in [1.807, 2.05) is 6.07 Å². The molecule has 0 radical (unpaired) electrons. The van der Waals surface area contributed by atoms with Gasteiger partial charge in [0.1, 0.15) is 5.52 Å². The summed E-state index contributed by atoms with van der Waals surface area (Å²) in [4.78, 5) is 24.0. The molecule has 7 nitrogen and oxygen atoms in total. The first-order chi connectivity index (χ1) is 11.7. The monoisotopic (exact) mass is 325 g/mol. The van der Waals surface area contributed by atoms with Crippen LogP contribution in [-0.4, -0.2) is 41.7 Å². The highest BCUT2D eigenvalue weighted by molar-refractivity contribution is 5.96. The number of ether oxygens (including phenoxy) is 3. The van der Waals surface area contributed by atoms with Gasteiger partial charge in [-0.25, -0.2) is 9.78 Å². The van der Waals surface area contributed by atoms with E-state index in [1.54, 1.807) is 25.4 Å². The SMILES string of the molecule is COc1cc2nccc(-c3cc4c([nH]3)CCOC4=O)c2nc1OC. The van der Waals surface area contributed by atoms with Crippen molar-refractivity contribution in [3.8, 4) is 22.9 Å². The van der Waals surface area contributed by atoms with Crippen molar-refractivity contribution in [2.45, 2.75) is 6.42 Å². The van der Waals surface area contributed by atoms with Gasteiger partial charge in [0.05, 0.1) is 31.9 Å². The standard InChI is InChI=1S/C17H15N3O4/c1-22-14-8-13-15(20-16(14)23-2)9(3-5-18-13)12-7-10-11(19-12)4-6-24-17(10)21/h3,5,7-8,19H,4,6H2,1-2H3. The van der Waals surface area contributed by atoms with Crippen LogP contribution in [0.4, 0.5) is 0 Å². The second-order valence-corrected chi connectivity index (χ2v) is 5.39. The zero-order chi connectivity index (χ0) is 16.7. The summed E-state index contributed by atoms with van der Waals surface area (Å²) < 4.78 is 15.6. The number of hydrogen-bond donors (Lipinski definition) is 1. The fourth-order valence-corrected chi connectivity index (χ4v) is 2.89. The number of rotatable bonds is 3. The molecule has 4 rings (SSSR count). The quantitative estimate of drug-likeness (QED) is 0.744. The number of methoxy groups -OCH3 is 2. The van der Waals surface area contributed by atoms with Crippen LogP contribution in [0.5, 0.6) is 11.6 Å². The van der Waals surface area contributed by atoms with Gasteiger partial charge in [-0.1, -0.05) is 0 Å². The molecule has 1 N–H and O–H groups in total. The molecule has 0 spiro atoms. The smallest absolute Gasteiger partial charge is 0.339 e. The lowest BCUT2D eigenvalue weighted by Crippen LogP contribution is -2.16. The molecule has 7 heteroatoms. The number of carbonyl (C=O) groups is 1. The number of nitrogens with zero attached hydrogens (tertiary/aromatic N) is 2. The van der Waals surface area contributed by atoms with Crippen molar-refractivity contribution in [3.63, 3.8) is 0 Å². The Bertz CT molecular complexity index is 948. The van der Waals surface area contributed by atoms with Gasteiger partial charge in [-0.05, 0) is 12.1 Å². The summed E-state index contributed by atoms with van der Waals surface area (Å²) in [5.74, 6) is 0.600. The Labute approximate surface area is 137 Å². The van der Waals surface area contributed by atoms with E-state index in [1.165, 1.54) is 7.11 Å². The summed E-state index contributed by atoms with van der Waals surface area (Å²) in [6.07, 6.45) is 2.37. The van der Waals surface area contributed by atoms with Crippen molar-refractivity contribution in [1.29, 1.82) is 0 Å². The van der Waals surface area contributed by atoms with Crippen LogP contribution in [0.3, 0.4) is 0 Å². The average Bonchev–Trinajstić information content (AvgIpc) is 3.05. The second-order valence-electron chi connectivity index (χ2n) is 5.39. The number of aromatic amines is 1. The fraction of sp³-hybridized carbons (Fsp3) is 0.235. The Balaban J connectivity index is 1.92. The third kappa shape index (κ3) is 2.17. The first kappa shape index (κ1) is 14.5. The number of pyridine rings is 2. The molecule has 3 aromatic rings. The van der Waals surface area contributed by atoms with E-state index in [2.05, 4.69) is 15.0 Å². The van der Waals surface area contributed by atoms with Crippen molar-refractivity contribution < 1.29 is 19.0 Å². The number of carbonyl (C=O) groups excluding carboxylic acids is 1. The lowest BCUT2D eigenvalue weighted by atomic mass is 10.1. The van der Waals surface area contributed by atoms with E-state index in [9.17, 15) is 4.79 Å². The highest BCUT2D eigenvalue weighted by Crippen LogP contribution is 2.34. The molecule has 4 heterocycles. The molecule has 0 unspecified atom stereocenters. The Hall–Kier alpha value is -3.09. The molecule has 0 saturated heterocycles. The molecule has 24 heavy (non-hydrogen) atoms. The number of aromatic nitrogens is 3. The Morgan fingerprint density at radius 1 is 1.21 bits per heavy atom. The normalized spacial score (nSPS) is 13.5. The molecule has 122 valence electrons. The molecular weight excluding hydrogens is 310 g/mol. The van der Waals surface area contributed by atoms with Gasteiger partial charge in [0.2, 0.25) is 0 Å².